The first-order valence-corrected chi connectivity index (χ1v) is 5.88. The Kier molecular flexibility index (Phi) is 4.05. The number of benzene rings is 2. The maximum absolute atomic E-state index is 12.4. The van der Waals surface area contributed by atoms with E-state index in [2.05, 4.69) is 0 Å². The van der Waals surface area contributed by atoms with E-state index in [0.717, 1.165) is 5.56 Å². The quantitative estimate of drug-likeness (QED) is 0.831. The highest BCUT2D eigenvalue weighted by Crippen LogP contribution is 2.15. The minimum absolute atomic E-state index is 0.0351. The van der Waals surface area contributed by atoms with E-state index in [1.807, 2.05) is 66.7 Å². The Balaban J connectivity index is 2.39. The van der Waals surface area contributed by atoms with Gasteiger partial charge in [0.15, 0.2) is 5.78 Å². The molecule has 0 radical (unpaired) electrons. The van der Waals surface area contributed by atoms with Crippen molar-refractivity contribution in [3.8, 4) is 0 Å². The topological polar surface area (TPSA) is 43.1 Å². The zero-order chi connectivity index (χ0) is 12.8. The van der Waals surface area contributed by atoms with Crippen LogP contribution in [0, 0.1) is 0 Å². The highest BCUT2D eigenvalue weighted by atomic mass is 16.1. The molecule has 0 amide bonds. The molecule has 0 aliphatic heterocycles. The summed E-state index contributed by atoms with van der Waals surface area (Å²) in [6.45, 7) is 0.466. The molecule has 0 heterocycles. The third-order valence-electron chi connectivity index (χ3n) is 2.67. The molecule has 2 aromatic rings. The summed E-state index contributed by atoms with van der Waals surface area (Å²) in [7, 11) is 0. The molecule has 18 heavy (non-hydrogen) atoms. The Morgan fingerprint density at radius 3 is 2.39 bits per heavy atom. The Bertz CT molecular complexity index is 558. The summed E-state index contributed by atoms with van der Waals surface area (Å²) in [6, 6.07) is 16.8. The molecule has 0 aliphatic carbocycles. The van der Waals surface area contributed by atoms with Crippen molar-refractivity contribution in [2.24, 2.45) is 5.73 Å². The molecule has 90 valence electrons. The van der Waals surface area contributed by atoms with Gasteiger partial charge < -0.3 is 5.73 Å². The van der Waals surface area contributed by atoms with Crippen LogP contribution in [0.15, 0.2) is 60.7 Å². The van der Waals surface area contributed by atoms with Crippen LogP contribution in [0.1, 0.15) is 21.5 Å². The average Bonchev–Trinajstić information content (AvgIpc) is 2.45. The van der Waals surface area contributed by atoms with Crippen molar-refractivity contribution >= 4 is 11.9 Å². The van der Waals surface area contributed by atoms with Crippen LogP contribution >= 0.6 is 0 Å². The van der Waals surface area contributed by atoms with Crippen molar-refractivity contribution in [3.05, 3.63) is 77.4 Å². The van der Waals surface area contributed by atoms with Crippen LogP contribution in [0.3, 0.4) is 0 Å². The van der Waals surface area contributed by atoms with Crippen molar-refractivity contribution in [1.82, 2.24) is 0 Å². The lowest BCUT2D eigenvalue weighted by molar-refractivity contribution is 0.103. The van der Waals surface area contributed by atoms with E-state index in [9.17, 15) is 4.79 Å². The van der Waals surface area contributed by atoms with Gasteiger partial charge in [0.05, 0.1) is 0 Å². The van der Waals surface area contributed by atoms with Crippen LogP contribution in [-0.4, -0.2) is 12.3 Å². The average molecular weight is 237 g/mol. The molecule has 0 spiro atoms. The smallest absolute Gasteiger partial charge is 0.193 e. The van der Waals surface area contributed by atoms with Gasteiger partial charge in [-0.1, -0.05) is 66.7 Å². The van der Waals surface area contributed by atoms with Crippen molar-refractivity contribution in [2.75, 3.05) is 6.54 Å². The summed E-state index contributed by atoms with van der Waals surface area (Å²) < 4.78 is 0. The van der Waals surface area contributed by atoms with E-state index in [-0.39, 0.29) is 5.78 Å². The number of carbonyl (C=O) groups is 1. The molecule has 0 saturated carbocycles. The molecule has 2 nitrogen and oxygen atoms in total. The zero-order valence-electron chi connectivity index (χ0n) is 10.0. The van der Waals surface area contributed by atoms with E-state index in [4.69, 9.17) is 5.73 Å². The van der Waals surface area contributed by atoms with Crippen LogP contribution in [-0.2, 0) is 0 Å². The number of carbonyl (C=O) groups excluding carboxylic acids is 1. The van der Waals surface area contributed by atoms with E-state index >= 15 is 0 Å². The highest BCUT2D eigenvalue weighted by molar-refractivity contribution is 6.10. The van der Waals surface area contributed by atoms with Crippen molar-refractivity contribution < 1.29 is 4.79 Å². The van der Waals surface area contributed by atoms with Crippen LogP contribution in [0.25, 0.3) is 6.08 Å². The summed E-state index contributed by atoms with van der Waals surface area (Å²) in [5.41, 5.74) is 7.74. The summed E-state index contributed by atoms with van der Waals surface area (Å²) >= 11 is 0. The van der Waals surface area contributed by atoms with Crippen LogP contribution in [0.5, 0.6) is 0 Å². The molecule has 2 heteroatoms. The third kappa shape index (κ3) is 2.73. The molecule has 0 unspecified atom stereocenters. The number of hydrogen-bond donors (Lipinski definition) is 1. The fourth-order valence-corrected chi connectivity index (χ4v) is 1.79. The van der Waals surface area contributed by atoms with Gasteiger partial charge >= 0.3 is 0 Å². The molecule has 2 rings (SSSR count). The van der Waals surface area contributed by atoms with Gasteiger partial charge in [0.1, 0.15) is 0 Å². The minimum Gasteiger partial charge on any atom is -0.327 e. The second-order valence-corrected chi connectivity index (χ2v) is 3.92. The van der Waals surface area contributed by atoms with Gasteiger partial charge in [-0.3, -0.25) is 4.79 Å². The second kappa shape index (κ2) is 5.94. The van der Waals surface area contributed by atoms with Crippen molar-refractivity contribution in [3.63, 3.8) is 0 Å². The zero-order valence-corrected chi connectivity index (χ0v) is 10.0. The van der Waals surface area contributed by atoms with Gasteiger partial charge in [0, 0.05) is 17.7 Å². The van der Waals surface area contributed by atoms with Gasteiger partial charge in [0.2, 0.25) is 0 Å². The highest BCUT2D eigenvalue weighted by Gasteiger charge is 2.10. The first-order valence-electron chi connectivity index (χ1n) is 5.88. The fraction of sp³-hybridized carbons (Fsp3) is 0.0625. The maximum atomic E-state index is 12.4. The predicted octanol–water partition coefficient (Wildman–Crippen LogP) is 2.89. The monoisotopic (exact) mass is 237 g/mol. The van der Waals surface area contributed by atoms with E-state index < -0.39 is 0 Å². The summed E-state index contributed by atoms with van der Waals surface area (Å²) in [6.07, 6.45) is 3.73. The number of rotatable bonds is 4. The Hall–Kier alpha value is -2.19. The predicted molar refractivity (Wildman–Crippen MR) is 74.4 cm³/mol. The van der Waals surface area contributed by atoms with Gasteiger partial charge in [-0.15, -0.1) is 0 Å². The Morgan fingerprint density at radius 1 is 1.00 bits per heavy atom. The van der Waals surface area contributed by atoms with Crippen LogP contribution in [0.2, 0.25) is 0 Å². The number of hydrogen-bond acceptors (Lipinski definition) is 2. The fourth-order valence-electron chi connectivity index (χ4n) is 1.79. The Labute approximate surface area is 107 Å². The first kappa shape index (κ1) is 12.3. The molecule has 0 saturated heterocycles. The lowest BCUT2D eigenvalue weighted by Crippen LogP contribution is -2.03. The first-order chi connectivity index (χ1) is 8.83. The van der Waals surface area contributed by atoms with E-state index in [1.165, 1.54) is 0 Å². The maximum Gasteiger partial charge on any atom is 0.193 e. The van der Waals surface area contributed by atoms with Gasteiger partial charge in [-0.05, 0) is 5.56 Å². The lowest BCUT2D eigenvalue weighted by atomic mass is 9.98. The summed E-state index contributed by atoms with van der Waals surface area (Å²) in [5, 5.41) is 0. The molecule has 2 N–H and O–H groups in total. The van der Waals surface area contributed by atoms with Gasteiger partial charge in [0.25, 0.3) is 0 Å². The second-order valence-electron chi connectivity index (χ2n) is 3.92. The molecule has 0 fully saturated rings. The minimum atomic E-state index is 0.0351. The summed E-state index contributed by atoms with van der Waals surface area (Å²) in [4.78, 5) is 12.4. The van der Waals surface area contributed by atoms with E-state index in [0.29, 0.717) is 17.7 Å². The lowest BCUT2D eigenvalue weighted by Gasteiger charge is -2.05. The standard InChI is InChI=1S/C16H15NO/c17-12-6-10-13-7-4-5-11-15(13)16(18)14-8-2-1-3-9-14/h1-11H,12,17H2. The molecule has 0 atom stereocenters. The van der Waals surface area contributed by atoms with Crippen LogP contribution < -0.4 is 5.73 Å². The molecule has 0 aliphatic rings. The molecular weight excluding hydrogens is 222 g/mol. The molecular formula is C16H15NO. The molecule has 2 aromatic carbocycles. The number of ketones is 1. The molecule has 0 bridgehead atoms. The third-order valence-corrected chi connectivity index (χ3v) is 2.67. The van der Waals surface area contributed by atoms with Crippen molar-refractivity contribution in [1.29, 1.82) is 0 Å². The van der Waals surface area contributed by atoms with Gasteiger partial charge in [-0.2, -0.15) is 0 Å². The SMILES string of the molecule is NCC=Cc1ccccc1C(=O)c1ccccc1. The summed E-state index contributed by atoms with van der Waals surface area (Å²) in [5.74, 6) is 0.0351. The molecule has 0 aromatic heterocycles. The Morgan fingerprint density at radius 2 is 1.67 bits per heavy atom. The van der Waals surface area contributed by atoms with Crippen molar-refractivity contribution in [2.45, 2.75) is 0 Å². The van der Waals surface area contributed by atoms with Gasteiger partial charge in [-0.25, -0.2) is 0 Å². The normalized spacial score (nSPS) is 10.7. The van der Waals surface area contributed by atoms with E-state index in [1.54, 1.807) is 0 Å². The van der Waals surface area contributed by atoms with Crippen LogP contribution in [0.4, 0.5) is 0 Å². The largest absolute Gasteiger partial charge is 0.327 e. The number of nitrogens with two attached hydrogens (primary N) is 1.